The van der Waals surface area contributed by atoms with Crippen LogP contribution in [0, 0.1) is 6.92 Å². The molecule has 0 radical (unpaired) electrons. The van der Waals surface area contributed by atoms with Crippen LogP contribution < -0.4 is 5.32 Å². The maximum Gasteiger partial charge on any atom is 0.371 e. The normalized spacial score (nSPS) is 11.9. The third kappa shape index (κ3) is 4.29. The molecule has 116 valence electrons. The standard InChI is InChI=1S/C15H15NO5S/c1-10-4-2-3-5-12(10)16-14(17)9-22(20)8-11-6-7-13(21-11)15(18)19/h2-7H,8-9H2,1H3,(H,16,17)(H,18,19). The van der Waals surface area contributed by atoms with Gasteiger partial charge in [0, 0.05) is 16.5 Å². The number of aryl methyl sites for hydroxylation is 1. The SMILES string of the molecule is Cc1ccccc1NC(=O)CS(=O)Cc1ccc(C(=O)O)o1. The van der Waals surface area contributed by atoms with E-state index in [0.717, 1.165) is 5.56 Å². The smallest absolute Gasteiger partial charge is 0.371 e. The van der Waals surface area contributed by atoms with Crippen molar-refractivity contribution in [1.29, 1.82) is 0 Å². The zero-order chi connectivity index (χ0) is 16.1. The predicted octanol–water partition coefficient (Wildman–Crippen LogP) is 2.17. The molecule has 1 aromatic heterocycles. The van der Waals surface area contributed by atoms with Gasteiger partial charge in [0.25, 0.3) is 0 Å². The lowest BCUT2D eigenvalue weighted by Crippen LogP contribution is -2.20. The van der Waals surface area contributed by atoms with Crippen LogP contribution in [-0.4, -0.2) is 26.9 Å². The van der Waals surface area contributed by atoms with Crippen LogP contribution >= 0.6 is 0 Å². The first-order chi connectivity index (χ1) is 10.5. The van der Waals surface area contributed by atoms with Gasteiger partial charge in [-0.3, -0.25) is 9.00 Å². The van der Waals surface area contributed by atoms with Crippen LogP contribution in [-0.2, 0) is 21.3 Å². The number of anilines is 1. The molecule has 1 unspecified atom stereocenters. The van der Waals surface area contributed by atoms with Gasteiger partial charge in [-0.15, -0.1) is 0 Å². The Morgan fingerprint density at radius 2 is 1.95 bits per heavy atom. The van der Waals surface area contributed by atoms with Crippen LogP contribution in [0.1, 0.15) is 21.9 Å². The molecule has 2 rings (SSSR count). The fraction of sp³-hybridized carbons (Fsp3) is 0.200. The number of furan rings is 1. The molecule has 2 aromatic rings. The first kappa shape index (κ1) is 16.0. The Morgan fingerprint density at radius 1 is 1.23 bits per heavy atom. The van der Waals surface area contributed by atoms with E-state index in [1.807, 2.05) is 19.1 Å². The van der Waals surface area contributed by atoms with Crippen molar-refractivity contribution < 1.29 is 23.3 Å². The summed E-state index contributed by atoms with van der Waals surface area (Å²) in [5.74, 6) is -1.67. The van der Waals surface area contributed by atoms with E-state index in [4.69, 9.17) is 9.52 Å². The molecule has 6 nitrogen and oxygen atoms in total. The monoisotopic (exact) mass is 321 g/mol. The zero-order valence-corrected chi connectivity index (χ0v) is 12.7. The average molecular weight is 321 g/mol. The Hall–Kier alpha value is -2.41. The summed E-state index contributed by atoms with van der Waals surface area (Å²) in [4.78, 5) is 22.5. The van der Waals surface area contributed by atoms with Crippen molar-refractivity contribution >= 4 is 28.4 Å². The minimum Gasteiger partial charge on any atom is -0.475 e. The highest BCUT2D eigenvalue weighted by atomic mass is 32.2. The summed E-state index contributed by atoms with van der Waals surface area (Å²) in [6.07, 6.45) is 0. The van der Waals surface area contributed by atoms with E-state index in [0.29, 0.717) is 5.69 Å². The maximum absolute atomic E-state index is 11.9. The van der Waals surface area contributed by atoms with Gasteiger partial charge in [0.1, 0.15) is 11.5 Å². The molecule has 22 heavy (non-hydrogen) atoms. The summed E-state index contributed by atoms with van der Waals surface area (Å²) >= 11 is 0. The quantitative estimate of drug-likeness (QED) is 0.850. The molecule has 1 heterocycles. The van der Waals surface area contributed by atoms with Crippen LogP contribution in [0.5, 0.6) is 0 Å². The van der Waals surface area contributed by atoms with E-state index >= 15 is 0 Å². The van der Waals surface area contributed by atoms with Crippen molar-refractivity contribution in [3.05, 3.63) is 53.5 Å². The molecule has 0 spiro atoms. The lowest BCUT2D eigenvalue weighted by atomic mass is 10.2. The summed E-state index contributed by atoms with van der Waals surface area (Å²) in [7, 11) is -1.48. The highest BCUT2D eigenvalue weighted by molar-refractivity contribution is 7.84. The molecular formula is C15H15NO5S. The number of rotatable bonds is 6. The lowest BCUT2D eigenvalue weighted by molar-refractivity contribution is -0.113. The number of carboxylic acid groups (broad SMARTS) is 1. The van der Waals surface area contributed by atoms with Gasteiger partial charge in [0.15, 0.2) is 0 Å². The molecule has 1 atom stereocenters. The number of benzene rings is 1. The molecule has 0 saturated carbocycles. The molecule has 0 fully saturated rings. The van der Waals surface area contributed by atoms with E-state index in [1.165, 1.54) is 12.1 Å². The van der Waals surface area contributed by atoms with Gasteiger partial charge in [0.05, 0.1) is 5.75 Å². The minimum absolute atomic E-state index is 0.00548. The zero-order valence-electron chi connectivity index (χ0n) is 11.9. The third-order valence-electron chi connectivity index (χ3n) is 2.89. The molecule has 0 aliphatic heterocycles. The van der Waals surface area contributed by atoms with Gasteiger partial charge < -0.3 is 14.8 Å². The first-order valence-corrected chi connectivity index (χ1v) is 7.97. The van der Waals surface area contributed by atoms with Gasteiger partial charge >= 0.3 is 5.97 Å². The van der Waals surface area contributed by atoms with Gasteiger partial charge in [-0.25, -0.2) is 4.79 Å². The number of para-hydroxylation sites is 1. The molecule has 1 aromatic carbocycles. The van der Waals surface area contributed by atoms with Crippen molar-refractivity contribution in [2.75, 3.05) is 11.1 Å². The van der Waals surface area contributed by atoms with Gasteiger partial charge in [0.2, 0.25) is 11.7 Å². The number of aromatic carboxylic acids is 1. The number of carboxylic acids is 1. The second kappa shape index (κ2) is 7.04. The van der Waals surface area contributed by atoms with E-state index in [1.54, 1.807) is 12.1 Å². The Bertz CT molecular complexity index is 722. The molecule has 2 N–H and O–H groups in total. The summed E-state index contributed by atoms with van der Waals surface area (Å²) < 4.78 is 16.9. The third-order valence-corrected chi connectivity index (χ3v) is 4.08. The highest BCUT2D eigenvalue weighted by Crippen LogP contribution is 2.14. The van der Waals surface area contributed by atoms with E-state index < -0.39 is 16.8 Å². The first-order valence-electron chi connectivity index (χ1n) is 6.48. The number of hydrogen-bond acceptors (Lipinski definition) is 4. The lowest BCUT2D eigenvalue weighted by Gasteiger charge is -2.07. The second-order valence-corrected chi connectivity index (χ2v) is 6.12. The molecule has 0 aliphatic rings. The number of carbonyl (C=O) groups excluding carboxylic acids is 1. The molecule has 7 heteroatoms. The maximum atomic E-state index is 11.9. The minimum atomic E-state index is -1.48. The Morgan fingerprint density at radius 3 is 2.59 bits per heavy atom. The van der Waals surface area contributed by atoms with Crippen molar-refractivity contribution in [3.8, 4) is 0 Å². The van der Waals surface area contributed by atoms with Gasteiger partial charge in [-0.1, -0.05) is 18.2 Å². The Balaban J connectivity index is 1.90. The molecule has 1 amide bonds. The Labute approximate surface area is 129 Å². The number of nitrogens with one attached hydrogen (secondary N) is 1. The molecule has 0 aliphatic carbocycles. The van der Waals surface area contributed by atoms with Crippen LogP contribution in [0.25, 0.3) is 0 Å². The van der Waals surface area contributed by atoms with E-state index in [2.05, 4.69) is 5.32 Å². The van der Waals surface area contributed by atoms with Crippen molar-refractivity contribution in [3.63, 3.8) is 0 Å². The van der Waals surface area contributed by atoms with Crippen LogP contribution in [0.4, 0.5) is 5.69 Å². The topological polar surface area (TPSA) is 96.6 Å². The van der Waals surface area contributed by atoms with Crippen molar-refractivity contribution in [2.24, 2.45) is 0 Å². The number of hydrogen-bond donors (Lipinski definition) is 2. The van der Waals surface area contributed by atoms with Crippen molar-refractivity contribution in [2.45, 2.75) is 12.7 Å². The number of carbonyl (C=O) groups is 2. The predicted molar refractivity (Wildman–Crippen MR) is 82.2 cm³/mol. The Kier molecular flexibility index (Phi) is 5.11. The molecule has 0 bridgehead atoms. The van der Waals surface area contributed by atoms with Gasteiger partial charge in [-0.2, -0.15) is 0 Å². The van der Waals surface area contributed by atoms with Crippen LogP contribution in [0.2, 0.25) is 0 Å². The van der Waals surface area contributed by atoms with Gasteiger partial charge in [-0.05, 0) is 30.7 Å². The fourth-order valence-electron chi connectivity index (χ4n) is 1.83. The van der Waals surface area contributed by atoms with E-state index in [9.17, 15) is 13.8 Å². The number of amides is 1. The largest absolute Gasteiger partial charge is 0.475 e. The summed E-state index contributed by atoms with van der Waals surface area (Å²) in [6.45, 7) is 1.86. The van der Waals surface area contributed by atoms with Crippen LogP contribution in [0.15, 0.2) is 40.8 Å². The fourth-order valence-corrected chi connectivity index (χ4v) is 2.76. The summed E-state index contributed by atoms with van der Waals surface area (Å²) in [5.41, 5.74) is 1.59. The molecular weight excluding hydrogens is 306 g/mol. The van der Waals surface area contributed by atoms with Crippen molar-refractivity contribution in [1.82, 2.24) is 0 Å². The molecule has 0 saturated heterocycles. The summed E-state index contributed by atoms with van der Waals surface area (Å²) in [5, 5.41) is 11.4. The van der Waals surface area contributed by atoms with Crippen LogP contribution in [0.3, 0.4) is 0 Å². The second-order valence-electron chi connectivity index (χ2n) is 4.66. The summed E-state index contributed by atoms with van der Waals surface area (Å²) in [6, 6.07) is 10.0. The highest BCUT2D eigenvalue weighted by Gasteiger charge is 2.14. The van der Waals surface area contributed by atoms with E-state index in [-0.39, 0.29) is 28.9 Å². The average Bonchev–Trinajstić information content (AvgIpc) is 2.89.